The van der Waals surface area contributed by atoms with Crippen LogP contribution >= 0.6 is 11.8 Å². The summed E-state index contributed by atoms with van der Waals surface area (Å²) in [5.74, 6) is 1.55. The Labute approximate surface area is 231 Å². The largest absolute Gasteiger partial charge is 0.398 e. The molecule has 0 bridgehead atoms. The van der Waals surface area contributed by atoms with Gasteiger partial charge in [0.25, 0.3) is 10.2 Å². The van der Waals surface area contributed by atoms with Gasteiger partial charge in [-0.25, -0.2) is 15.1 Å². The molecule has 0 atom stereocenters. The minimum absolute atomic E-state index is 0.348. The van der Waals surface area contributed by atoms with Gasteiger partial charge in [0.05, 0.1) is 5.69 Å². The molecule has 5 N–H and O–H groups in total. The first-order valence-corrected chi connectivity index (χ1v) is 15.3. The van der Waals surface area contributed by atoms with Gasteiger partial charge in [0.1, 0.15) is 11.6 Å². The van der Waals surface area contributed by atoms with Gasteiger partial charge in [0.2, 0.25) is 0 Å². The molecule has 13 heteroatoms. The van der Waals surface area contributed by atoms with Crippen molar-refractivity contribution in [2.45, 2.75) is 11.6 Å². The fourth-order valence-electron chi connectivity index (χ4n) is 5.24. The minimum Gasteiger partial charge on any atom is -0.398 e. The molecule has 202 valence electrons. The van der Waals surface area contributed by atoms with Crippen LogP contribution in [0.15, 0.2) is 60.0 Å². The lowest BCUT2D eigenvalue weighted by molar-refractivity contribution is 0.594. The van der Waals surface area contributed by atoms with Crippen molar-refractivity contribution in [3.05, 3.63) is 60.4 Å². The van der Waals surface area contributed by atoms with E-state index in [9.17, 15) is 8.42 Å². The highest BCUT2D eigenvalue weighted by Gasteiger charge is 2.27. The summed E-state index contributed by atoms with van der Waals surface area (Å²) in [5, 5.41) is 11.5. The predicted molar refractivity (Wildman–Crippen MR) is 158 cm³/mol. The molecule has 1 saturated heterocycles. The van der Waals surface area contributed by atoms with Gasteiger partial charge in [0.15, 0.2) is 5.16 Å². The van der Waals surface area contributed by atoms with E-state index >= 15 is 0 Å². The lowest BCUT2D eigenvalue weighted by Crippen LogP contribution is -2.47. The van der Waals surface area contributed by atoms with Gasteiger partial charge in [-0.05, 0) is 54.6 Å². The van der Waals surface area contributed by atoms with Gasteiger partial charge in [-0.15, -0.1) is 0 Å². The summed E-state index contributed by atoms with van der Waals surface area (Å²) in [6, 6.07) is 13.6. The van der Waals surface area contributed by atoms with Crippen molar-refractivity contribution in [3.63, 3.8) is 0 Å². The average Bonchev–Trinajstić information content (AvgIpc) is 3.37. The van der Waals surface area contributed by atoms with Crippen LogP contribution in [-0.4, -0.2) is 62.3 Å². The number of nitrogen functional groups attached to an aromatic ring is 1. The first-order valence-electron chi connectivity index (χ1n) is 12.6. The maximum Gasteiger partial charge on any atom is 0.299 e. The van der Waals surface area contributed by atoms with Crippen molar-refractivity contribution in [2.75, 3.05) is 64.1 Å². The fourth-order valence-corrected chi connectivity index (χ4v) is 6.41. The summed E-state index contributed by atoms with van der Waals surface area (Å²) >= 11 is 1.49. The Morgan fingerprint density at radius 2 is 1.69 bits per heavy atom. The number of benzene rings is 2. The second-order valence-electron chi connectivity index (χ2n) is 9.50. The number of aromatic nitrogens is 3. The van der Waals surface area contributed by atoms with Crippen LogP contribution in [0, 0.1) is 0 Å². The Hall–Kier alpha value is -3.81. The molecular weight excluding hydrogens is 534 g/mol. The van der Waals surface area contributed by atoms with Gasteiger partial charge in [-0.3, -0.25) is 9.29 Å². The molecule has 11 nitrogen and oxygen atoms in total. The van der Waals surface area contributed by atoms with Crippen LogP contribution in [-0.2, 0) is 16.6 Å². The van der Waals surface area contributed by atoms with E-state index in [-0.39, 0.29) is 0 Å². The molecule has 6 rings (SSSR count). The van der Waals surface area contributed by atoms with Crippen molar-refractivity contribution in [3.8, 4) is 0 Å². The number of fused-ring (bicyclic) bond motifs is 2. The van der Waals surface area contributed by atoms with Crippen LogP contribution < -0.4 is 30.3 Å². The molecule has 4 heterocycles. The van der Waals surface area contributed by atoms with E-state index in [0.717, 1.165) is 65.4 Å². The van der Waals surface area contributed by atoms with E-state index in [2.05, 4.69) is 31.2 Å². The molecule has 2 aliphatic heterocycles. The summed E-state index contributed by atoms with van der Waals surface area (Å²) in [7, 11) is -3.78. The molecule has 2 aliphatic rings. The van der Waals surface area contributed by atoms with Gasteiger partial charge >= 0.3 is 0 Å². The number of pyridine rings is 1. The highest BCUT2D eigenvalue weighted by Crippen LogP contribution is 2.34. The van der Waals surface area contributed by atoms with Crippen molar-refractivity contribution in [2.24, 2.45) is 5.14 Å². The van der Waals surface area contributed by atoms with E-state index in [1.807, 2.05) is 42.8 Å². The first-order chi connectivity index (χ1) is 18.8. The molecule has 4 aromatic rings. The van der Waals surface area contributed by atoms with E-state index in [0.29, 0.717) is 29.6 Å². The van der Waals surface area contributed by atoms with Crippen LogP contribution in [0.2, 0.25) is 0 Å². The second-order valence-corrected chi connectivity index (χ2v) is 11.7. The zero-order valence-electron chi connectivity index (χ0n) is 21.4. The molecule has 39 heavy (non-hydrogen) atoms. The third-order valence-electron chi connectivity index (χ3n) is 7.16. The monoisotopic (exact) mass is 563 g/mol. The number of hydrogen-bond donors (Lipinski definition) is 3. The lowest BCUT2D eigenvalue weighted by atomic mass is 10.1. The van der Waals surface area contributed by atoms with E-state index in [1.165, 1.54) is 16.1 Å². The summed E-state index contributed by atoms with van der Waals surface area (Å²) < 4.78 is 25.0. The third kappa shape index (κ3) is 5.00. The number of thioether (sulfide) groups is 1. The summed E-state index contributed by atoms with van der Waals surface area (Å²) in [5.41, 5.74) is 10.5. The normalized spacial score (nSPS) is 15.6. The molecule has 0 spiro atoms. The standard InChI is InChI=1S/C26H29N9O2S2/c1-38-26-31-24(30-18-2-4-22-17(14-18)7-9-35(22)39(28,36)37)15-25(32-26)34-12-10-33(11-13-34)23-5-3-21(27)20-16-29-8-6-19(20)23/h2-6,8,14-16H,7,9-13,27H2,1H3,(H2,28,36,37)(H,30,31,32). The Morgan fingerprint density at radius 3 is 2.46 bits per heavy atom. The van der Waals surface area contributed by atoms with Gasteiger partial charge in [-0.1, -0.05) is 11.8 Å². The van der Waals surface area contributed by atoms with Crippen molar-refractivity contribution in [1.82, 2.24) is 15.0 Å². The zero-order valence-corrected chi connectivity index (χ0v) is 23.0. The number of nitrogens with one attached hydrogen (secondary N) is 1. The molecule has 2 aromatic heterocycles. The van der Waals surface area contributed by atoms with Crippen LogP contribution in [0.4, 0.5) is 34.4 Å². The third-order valence-corrected chi connectivity index (χ3v) is 8.70. The van der Waals surface area contributed by atoms with Gasteiger partial charge < -0.3 is 20.9 Å². The topological polar surface area (TPSA) is 147 Å². The first kappa shape index (κ1) is 25.5. The number of nitrogens with zero attached hydrogens (tertiary/aromatic N) is 6. The van der Waals surface area contributed by atoms with Crippen LogP contribution in [0.25, 0.3) is 10.8 Å². The van der Waals surface area contributed by atoms with E-state index in [4.69, 9.17) is 15.9 Å². The quantitative estimate of drug-likeness (QED) is 0.182. The lowest BCUT2D eigenvalue weighted by Gasteiger charge is -2.37. The Balaban J connectivity index is 1.20. The number of nitrogens with two attached hydrogens (primary N) is 2. The van der Waals surface area contributed by atoms with Crippen molar-refractivity contribution < 1.29 is 8.42 Å². The zero-order chi connectivity index (χ0) is 27.1. The maximum absolute atomic E-state index is 11.9. The predicted octanol–water partition coefficient (Wildman–Crippen LogP) is 2.97. The SMILES string of the molecule is CSc1nc(Nc2ccc3c(c2)CCN3S(N)(=O)=O)cc(N2CCN(c3ccc(N)c4cnccc34)CC2)n1. The number of piperazine rings is 1. The fraction of sp³-hybridized carbons (Fsp3) is 0.269. The molecule has 0 saturated carbocycles. The summed E-state index contributed by atoms with van der Waals surface area (Å²) in [6.45, 7) is 3.65. The Kier molecular flexibility index (Phi) is 6.57. The van der Waals surface area contributed by atoms with E-state index < -0.39 is 10.2 Å². The van der Waals surface area contributed by atoms with Crippen molar-refractivity contribution >= 4 is 67.1 Å². The van der Waals surface area contributed by atoms with Crippen molar-refractivity contribution in [1.29, 1.82) is 0 Å². The number of hydrogen-bond acceptors (Lipinski definition) is 10. The minimum atomic E-state index is -3.78. The number of anilines is 6. The summed E-state index contributed by atoms with van der Waals surface area (Å²) in [4.78, 5) is 18.3. The Bertz CT molecular complexity index is 1660. The highest BCUT2D eigenvalue weighted by molar-refractivity contribution is 7.98. The molecular formula is C26H29N9O2S2. The van der Waals surface area contributed by atoms with Crippen LogP contribution in [0.5, 0.6) is 0 Å². The molecule has 2 aromatic carbocycles. The van der Waals surface area contributed by atoms with E-state index in [1.54, 1.807) is 12.3 Å². The molecule has 0 amide bonds. The van der Waals surface area contributed by atoms with Gasteiger partial charge in [-0.2, -0.15) is 8.42 Å². The van der Waals surface area contributed by atoms with Crippen LogP contribution in [0.3, 0.4) is 0 Å². The smallest absolute Gasteiger partial charge is 0.299 e. The molecule has 0 radical (unpaired) electrons. The maximum atomic E-state index is 11.9. The van der Waals surface area contributed by atoms with Crippen LogP contribution in [0.1, 0.15) is 5.56 Å². The summed E-state index contributed by atoms with van der Waals surface area (Å²) in [6.07, 6.45) is 6.19. The molecule has 1 fully saturated rings. The average molecular weight is 564 g/mol. The molecule has 0 unspecified atom stereocenters. The Morgan fingerprint density at radius 1 is 0.923 bits per heavy atom. The highest BCUT2D eigenvalue weighted by atomic mass is 32.2. The number of rotatable bonds is 6. The molecule has 0 aliphatic carbocycles. The second kappa shape index (κ2) is 10.1. The van der Waals surface area contributed by atoms with Gasteiger partial charge in [0, 0.05) is 79.0 Å².